The van der Waals surface area contributed by atoms with Crippen LogP contribution in [0.15, 0.2) is 77.5 Å². The second kappa shape index (κ2) is 9.84. The number of nitrogens with zero attached hydrogens (tertiary/aromatic N) is 2. The normalized spacial score (nSPS) is 21.6. The number of thiol groups is 1. The van der Waals surface area contributed by atoms with Crippen molar-refractivity contribution in [3.63, 3.8) is 0 Å². The van der Waals surface area contributed by atoms with Gasteiger partial charge in [0.1, 0.15) is 23.1 Å². The molecular weight excluding hydrogens is 541 g/mol. The van der Waals surface area contributed by atoms with E-state index in [-0.39, 0.29) is 18.0 Å². The molecule has 1 saturated heterocycles. The number of ketones is 1. The monoisotopic (exact) mass is 563 g/mol. The molecule has 2 fully saturated rings. The van der Waals surface area contributed by atoms with Gasteiger partial charge in [-0.05, 0) is 82.6 Å². The number of halogens is 2. The third-order valence-electron chi connectivity index (χ3n) is 7.26. The minimum absolute atomic E-state index is 0.0459. The van der Waals surface area contributed by atoms with Gasteiger partial charge in [-0.1, -0.05) is 54.7 Å². The number of hydrogen-bond acceptors (Lipinski definition) is 6. The van der Waals surface area contributed by atoms with E-state index in [2.05, 4.69) is 18.1 Å². The minimum atomic E-state index is -1.25. The first kappa shape index (κ1) is 25.1. The van der Waals surface area contributed by atoms with E-state index < -0.39 is 17.4 Å². The summed E-state index contributed by atoms with van der Waals surface area (Å²) >= 11 is 12.5. The highest BCUT2D eigenvalue weighted by Gasteiger charge is 2.53. The van der Waals surface area contributed by atoms with Crippen molar-refractivity contribution in [2.24, 2.45) is 0 Å². The molecule has 2 aromatic heterocycles. The van der Waals surface area contributed by atoms with Crippen molar-refractivity contribution in [2.75, 3.05) is 5.32 Å². The number of thiophene rings is 1. The van der Waals surface area contributed by atoms with E-state index in [0.717, 1.165) is 24.0 Å². The number of carbonyl (C=O) groups excluding carboxylic acids is 2. The molecule has 6 rings (SSSR count). The molecule has 2 unspecified atom stereocenters. The fourth-order valence-corrected chi connectivity index (χ4v) is 6.51. The predicted molar refractivity (Wildman–Crippen MR) is 151 cm³/mol. The topological polar surface area (TPSA) is 62.3 Å². The van der Waals surface area contributed by atoms with Crippen LogP contribution in [0.25, 0.3) is 0 Å². The van der Waals surface area contributed by atoms with Crippen LogP contribution in [0, 0.1) is 5.82 Å². The summed E-state index contributed by atoms with van der Waals surface area (Å²) in [4.78, 5) is 32.2. The van der Waals surface area contributed by atoms with Gasteiger partial charge in [-0.3, -0.25) is 13.9 Å². The molecule has 0 radical (unpaired) electrons. The Morgan fingerprint density at radius 2 is 1.89 bits per heavy atom. The molecule has 1 aliphatic carbocycles. The summed E-state index contributed by atoms with van der Waals surface area (Å²) < 4.78 is 16.2. The molecule has 5 nitrogen and oxygen atoms in total. The first-order valence-electron chi connectivity index (χ1n) is 12.3. The summed E-state index contributed by atoms with van der Waals surface area (Å²) in [5.74, 6) is -1.33. The van der Waals surface area contributed by atoms with Gasteiger partial charge in [-0.25, -0.2) is 9.37 Å². The summed E-state index contributed by atoms with van der Waals surface area (Å²) in [6, 6.07) is 19.2. The first-order valence-corrected chi connectivity index (χ1v) is 14.0. The Balaban J connectivity index is 1.39. The maximum Gasteiger partial charge on any atom is 0.248 e. The Hall–Kier alpha value is -3.20. The predicted octanol–water partition coefficient (Wildman–Crippen LogP) is 7.23. The van der Waals surface area contributed by atoms with Crippen molar-refractivity contribution in [3.05, 3.63) is 111 Å². The van der Waals surface area contributed by atoms with E-state index in [4.69, 9.17) is 16.6 Å². The number of piperidine rings is 1. The molecule has 1 amide bonds. The Bertz CT molecular complexity index is 1540. The molecule has 0 spiro atoms. The Kier molecular flexibility index (Phi) is 6.50. The number of nitrogens with one attached hydrogen (secondary N) is 1. The largest absolute Gasteiger partial charge is 0.338 e. The smallest absolute Gasteiger partial charge is 0.248 e. The summed E-state index contributed by atoms with van der Waals surface area (Å²) in [6.45, 7) is 0. The van der Waals surface area contributed by atoms with E-state index in [1.54, 1.807) is 54.6 Å². The van der Waals surface area contributed by atoms with Gasteiger partial charge in [-0.2, -0.15) is 11.3 Å². The molecule has 3 heterocycles. The van der Waals surface area contributed by atoms with Crippen molar-refractivity contribution in [3.8, 4) is 0 Å². The molecule has 0 bridgehead atoms. The fourth-order valence-electron chi connectivity index (χ4n) is 5.14. The molecule has 1 saturated carbocycles. The lowest BCUT2D eigenvalue weighted by atomic mass is 9.75. The minimum Gasteiger partial charge on any atom is -0.338 e. The second-order valence-corrected chi connectivity index (χ2v) is 11.3. The molecule has 192 valence electrons. The fraction of sp³-hybridized carbons (Fsp3) is 0.207. The highest BCUT2D eigenvalue weighted by molar-refractivity contribution is 7.78. The highest BCUT2D eigenvalue weighted by Crippen LogP contribution is 2.48. The van der Waals surface area contributed by atoms with E-state index in [1.807, 2.05) is 22.9 Å². The Morgan fingerprint density at radius 3 is 2.61 bits per heavy atom. The number of carbonyl (C=O) groups is 2. The molecule has 38 heavy (non-hydrogen) atoms. The number of amides is 1. The number of anilines is 2. The average Bonchev–Trinajstić information content (AvgIpc) is 3.62. The van der Waals surface area contributed by atoms with Crippen molar-refractivity contribution < 1.29 is 14.0 Å². The Morgan fingerprint density at radius 1 is 1.08 bits per heavy atom. The third kappa shape index (κ3) is 4.30. The molecular formula is C29H23ClFN3O2S2. The van der Waals surface area contributed by atoms with E-state index in [9.17, 15) is 14.0 Å². The first-order chi connectivity index (χ1) is 18.4. The van der Waals surface area contributed by atoms with Crippen LogP contribution in [0.4, 0.5) is 15.9 Å². The van der Waals surface area contributed by atoms with Crippen LogP contribution in [0.5, 0.6) is 0 Å². The summed E-state index contributed by atoms with van der Waals surface area (Å²) in [7, 11) is 0. The van der Waals surface area contributed by atoms with E-state index in [1.165, 1.54) is 15.6 Å². The number of hydrogen-bond donors (Lipinski definition) is 2. The van der Waals surface area contributed by atoms with Gasteiger partial charge < -0.3 is 5.32 Å². The molecule has 1 aliphatic heterocycles. The molecule has 2 aromatic carbocycles. The van der Waals surface area contributed by atoms with Crippen LogP contribution in [-0.4, -0.2) is 21.0 Å². The van der Waals surface area contributed by atoms with Gasteiger partial charge in [0.2, 0.25) is 5.91 Å². The number of aromatic nitrogens is 1. The van der Waals surface area contributed by atoms with E-state index in [0.29, 0.717) is 33.7 Å². The summed E-state index contributed by atoms with van der Waals surface area (Å²) in [5, 5.41) is 7.18. The number of benzene rings is 2. The van der Waals surface area contributed by atoms with Crippen LogP contribution in [0.2, 0.25) is 5.02 Å². The zero-order chi connectivity index (χ0) is 26.4. The SMILES string of the molecule is O=C1CC(c2ccsc2)(c2cccc(Nc3ccc(C4CC4)cc3F)n2)N(S)C(=O)C1c1ccccc1Cl. The third-order valence-corrected chi connectivity index (χ3v) is 8.83. The molecule has 9 heteroatoms. The van der Waals surface area contributed by atoms with Gasteiger partial charge in [0.15, 0.2) is 5.78 Å². The highest BCUT2D eigenvalue weighted by atomic mass is 35.5. The van der Waals surface area contributed by atoms with Gasteiger partial charge in [0.25, 0.3) is 0 Å². The van der Waals surface area contributed by atoms with Crippen LogP contribution in [0.3, 0.4) is 0 Å². The van der Waals surface area contributed by atoms with Crippen molar-refractivity contribution >= 4 is 58.9 Å². The summed E-state index contributed by atoms with van der Waals surface area (Å²) in [6.07, 6.45) is 2.14. The van der Waals surface area contributed by atoms with Crippen molar-refractivity contribution in [2.45, 2.75) is 36.6 Å². The van der Waals surface area contributed by atoms with Gasteiger partial charge in [-0.15, -0.1) is 0 Å². The standard InChI is InChI=1S/C29H23ClFN3O2S2/c30-21-5-2-1-4-20(21)27-24(35)15-29(34(37)28(27)36,19-12-13-38-16-19)25-6-3-7-26(33-25)32-23-11-10-18(14-22(23)31)17-8-9-17/h1-7,10-14,16-17,27,37H,8-9,15H2,(H,32,33). The lowest BCUT2D eigenvalue weighted by Crippen LogP contribution is -2.54. The van der Waals surface area contributed by atoms with Gasteiger partial charge in [0.05, 0.1) is 11.4 Å². The maximum absolute atomic E-state index is 14.9. The summed E-state index contributed by atoms with van der Waals surface area (Å²) in [5.41, 5.74) is 1.69. The second-order valence-electron chi connectivity index (χ2n) is 9.67. The van der Waals surface area contributed by atoms with Crippen molar-refractivity contribution in [1.29, 1.82) is 0 Å². The molecule has 2 atom stereocenters. The van der Waals surface area contributed by atoms with Crippen molar-refractivity contribution in [1.82, 2.24) is 9.29 Å². The van der Waals surface area contributed by atoms with Crippen LogP contribution >= 0.6 is 35.8 Å². The average molecular weight is 564 g/mol. The van der Waals surface area contributed by atoms with Gasteiger partial charge in [0, 0.05) is 11.4 Å². The molecule has 2 aliphatic rings. The zero-order valence-electron chi connectivity index (χ0n) is 20.1. The number of pyridine rings is 1. The zero-order valence-corrected chi connectivity index (χ0v) is 22.6. The quantitative estimate of drug-likeness (QED) is 0.192. The van der Waals surface area contributed by atoms with Crippen LogP contribution < -0.4 is 5.32 Å². The number of Topliss-reactive ketones (excluding diaryl/α,β-unsaturated/α-hetero) is 1. The molecule has 1 N–H and O–H groups in total. The lowest BCUT2D eigenvalue weighted by Gasteiger charge is -2.45. The molecule has 4 aromatic rings. The Labute approximate surface area is 234 Å². The maximum atomic E-state index is 14.9. The van der Waals surface area contributed by atoms with Crippen LogP contribution in [-0.2, 0) is 15.1 Å². The van der Waals surface area contributed by atoms with Crippen LogP contribution in [0.1, 0.15) is 53.5 Å². The van der Waals surface area contributed by atoms with E-state index >= 15 is 0 Å². The lowest BCUT2D eigenvalue weighted by molar-refractivity contribution is -0.142. The van der Waals surface area contributed by atoms with Gasteiger partial charge >= 0.3 is 0 Å². The number of rotatable bonds is 6.